The first-order chi connectivity index (χ1) is 19.1. The van der Waals surface area contributed by atoms with E-state index in [4.69, 9.17) is 16.3 Å². The number of anilines is 5. The number of halogens is 1. The van der Waals surface area contributed by atoms with Crippen molar-refractivity contribution in [2.75, 3.05) is 48.7 Å². The van der Waals surface area contributed by atoms with Gasteiger partial charge in [0.2, 0.25) is 11.9 Å². The van der Waals surface area contributed by atoms with E-state index < -0.39 is 5.60 Å². The number of nitrogens with zero attached hydrogens (tertiary/aromatic N) is 4. The number of benzene rings is 2. The smallest absolute Gasteiger partial charge is 0.410 e. The van der Waals surface area contributed by atoms with E-state index in [0.717, 1.165) is 41.0 Å². The molecule has 40 heavy (non-hydrogen) atoms. The Balaban J connectivity index is 1.28. The SMILES string of the molecule is CC(C)(C)OC(=O)N1CCN(CC(=O)Nc2ccc3cc2CCc2cccc(c2)Nc2ncc(Cl)c(n2)N3)CC1. The van der Waals surface area contributed by atoms with Crippen molar-refractivity contribution in [3.8, 4) is 0 Å². The van der Waals surface area contributed by atoms with Gasteiger partial charge in [-0.3, -0.25) is 9.69 Å². The van der Waals surface area contributed by atoms with Crippen molar-refractivity contribution in [2.45, 2.75) is 39.2 Å². The van der Waals surface area contributed by atoms with Crippen LogP contribution in [0.1, 0.15) is 31.9 Å². The van der Waals surface area contributed by atoms with E-state index in [1.54, 1.807) is 11.1 Å². The van der Waals surface area contributed by atoms with E-state index in [1.165, 1.54) is 0 Å². The molecule has 0 radical (unpaired) electrons. The van der Waals surface area contributed by atoms with Crippen LogP contribution in [0, 0.1) is 0 Å². The van der Waals surface area contributed by atoms with Crippen LogP contribution in [0.5, 0.6) is 0 Å². The Morgan fingerprint density at radius 3 is 2.58 bits per heavy atom. The molecule has 10 nitrogen and oxygen atoms in total. The molecule has 11 heteroatoms. The van der Waals surface area contributed by atoms with Crippen LogP contribution in [0.4, 0.5) is 33.6 Å². The highest BCUT2D eigenvalue weighted by molar-refractivity contribution is 6.32. The van der Waals surface area contributed by atoms with Gasteiger partial charge in [-0.05, 0) is 75.1 Å². The molecule has 5 rings (SSSR count). The molecule has 3 N–H and O–H groups in total. The van der Waals surface area contributed by atoms with Gasteiger partial charge in [-0.2, -0.15) is 4.98 Å². The summed E-state index contributed by atoms with van der Waals surface area (Å²) in [5.74, 6) is 0.836. The summed E-state index contributed by atoms with van der Waals surface area (Å²) in [7, 11) is 0. The van der Waals surface area contributed by atoms with Gasteiger partial charge in [0.05, 0.1) is 12.7 Å². The molecule has 1 aromatic heterocycles. The van der Waals surface area contributed by atoms with Crippen molar-refractivity contribution in [2.24, 2.45) is 0 Å². The summed E-state index contributed by atoms with van der Waals surface area (Å²) in [6.45, 7) is 8.07. The van der Waals surface area contributed by atoms with Gasteiger partial charge in [-0.25, -0.2) is 9.78 Å². The number of aromatic nitrogens is 2. The second-order valence-electron chi connectivity index (χ2n) is 11.0. The molecule has 2 aromatic carbocycles. The van der Waals surface area contributed by atoms with E-state index >= 15 is 0 Å². The Kier molecular flexibility index (Phi) is 8.09. The van der Waals surface area contributed by atoms with E-state index in [1.807, 2.05) is 51.1 Å². The van der Waals surface area contributed by atoms with Crippen molar-refractivity contribution in [1.29, 1.82) is 0 Å². The number of piperazine rings is 1. The summed E-state index contributed by atoms with van der Waals surface area (Å²) >= 11 is 6.37. The van der Waals surface area contributed by atoms with Crippen molar-refractivity contribution in [1.82, 2.24) is 19.8 Å². The van der Waals surface area contributed by atoms with Gasteiger partial charge in [0.1, 0.15) is 10.6 Å². The molecule has 210 valence electrons. The summed E-state index contributed by atoms with van der Waals surface area (Å²) in [6.07, 6.45) is 2.76. The quantitative estimate of drug-likeness (QED) is 0.398. The van der Waals surface area contributed by atoms with Gasteiger partial charge in [0.25, 0.3) is 0 Å². The normalized spacial score (nSPS) is 15.4. The number of hydrogen-bond acceptors (Lipinski definition) is 8. The van der Waals surface area contributed by atoms with Crippen LogP contribution in [0.3, 0.4) is 0 Å². The molecule has 0 atom stereocenters. The van der Waals surface area contributed by atoms with Crippen LogP contribution in [0.2, 0.25) is 5.02 Å². The minimum atomic E-state index is -0.531. The van der Waals surface area contributed by atoms with E-state index in [-0.39, 0.29) is 18.5 Å². The molecular weight excluding hydrogens is 530 g/mol. The third kappa shape index (κ3) is 7.19. The van der Waals surface area contributed by atoms with Crippen molar-refractivity contribution >= 4 is 52.4 Å². The highest BCUT2D eigenvalue weighted by Gasteiger charge is 2.26. The fourth-order valence-electron chi connectivity index (χ4n) is 4.67. The number of nitrogens with one attached hydrogen (secondary N) is 3. The predicted molar refractivity (Wildman–Crippen MR) is 157 cm³/mol. The highest BCUT2D eigenvalue weighted by atomic mass is 35.5. The molecular formula is C29H34ClN7O3. The number of rotatable bonds is 3. The minimum Gasteiger partial charge on any atom is -0.444 e. The van der Waals surface area contributed by atoms with Gasteiger partial charge in [-0.15, -0.1) is 0 Å². The number of amides is 2. The zero-order chi connectivity index (χ0) is 28.3. The Labute approximate surface area is 239 Å². The molecule has 6 bridgehead atoms. The van der Waals surface area contributed by atoms with Gasteiger partial charge in [-0.1, -0.05) is 23.7 Å². The van der Waals surface area contributed by atoms with Gasteiger partial charge in [0, 0.05) is 43.2 Å². The monoisotopic (exact) mass is 563 g/mol. The maximum Gasteiger partial charge on any atom is 0.410 e. The molecule has 1 saturated heterocycles. The lowest BCUT2D eigenvalue weighted by atomic mass is 10.0. The lowest BCUT2D eigenvalue weighted by Gasteiger charge is -2.35. The zero-order valence-electron chi connectivity index (χ0n) is 23.0. The molecule has 2 aliphatic heterocycles. The van der Waals surface area contributed by atoms with Crippen molar-refractivity contribution in [3.63, 3.8) is 0 Å². The van der Waals surface area contributed by atoms with Crippen molar-refractivity contribution in [3.05, 3.63) is 64.8 Å². The lowest BCUT2D eigenvalue weighted by molar-refractivity contribution is -0.117. The summed E-state index contributed by atoms with van der Waals surface area (Å²) in [5, 5.41) is 10.0. The average molecular weight is 564 g/mol. The number of hydrogen-bond donors (Lipinski definition) is 3. The fourth-order valence-corrected chi connectivity index (χ4v) is 4.81. The first-order valence-electron chi connectivity index (χ1n) is 13.4. The molecule has 2 aliphatic rings. The molecule has 0 spiro atoms. The highest BCUT2D eigenvalue weighted by Crippen LogP contribution is 2.29. The Morgan fingerprint density at radius 1 is 1.02 bits per heavy atom. The molecule has 1 fully saturated rings. The number of aryl methyl sites for hydroxylation is 2. The Morgan fingerprint density at radius 2 is 1.80 bits per heavy atom. The van der Waals surface area contributed by atoms with Gasteiger partial charge in [0.15, 0.2) is 5.82 Å². The van der Waals surface area contributed by atoms with Crippen LogP contribution in [0.15, 0.2) is 48.7 Å². The number of carbonyl (C=O) groups is 2. The maximum absolute atomic E-state index is 13.1. The molecule has 0 aliphatic carbocycles. The third-order valence-corrected chi connectivity index (χ3v) is 6.92. The van der Waals surface area contributed by atoms with E-state index in [2.05, 4.69) is 43.0 Å². The van der Waals surface area contributed by atoms with Crippen LogP contribution in [0.25, 0.3) is 0 Å². The lowest BCUT2D eigenvalue weighted by Crippen LogP contribution is -2.51. The van der Waals surface area contributed by atoms with Gasteiger partial charge < -0.3 is 25.6 Å². The summed E-state index contributed by atoms with van der Waals surface area (Å²) in [6, 6.07) is 13.9. The topological polar surface area (TPSA) is 112 Å². The minimum absolute atomic E-state index is 0.0970. The Bertz CT molecular complexity index is 1400. The second kappa shape index (κ2) is 11.7. The number of carbonyl (C=O) groups excluding carboxylic acids is 2. The van der Waals surface area contributed by atoms with Crippen LogP contribution < -0.4 is 16.0 Å². The maximum atomic E-state index is 13.1. The molecule has 3 aromatic rings. The first-order valence-corrected chi connectivity index (χ1v) is 13.8. The number of fused-ring (bicyclic) bond motifs is 6. The predicted octanol–water partition coefficient (Wildman–Crippen LogP) is 5.21. The molecule has 3 heterocycles. The first kappa shape index (κ1) is 27.7. The largest absolute Gasteiger partial charge is 0.444 e. The van der Waals surface area contributed by atoms with Gasteiger partial charge >= 0.3 is 6.09 Å². The summed E-state index contributed by atoms with van der Waals surface area (Å²) < 4.78 is 5.47. The zero-order valence-corrected chi connectivity index (χ0v) is 23.7. The molecule has 0 saturated carbocycles. The summed E-state index contributed by atoms with van der Waals surface area (Å²) in [5.41, 5.74) is 4.08. The molecule has 2 amide bonds. The van der Waals surface area contributed by atoms with E-state index in [9.17, 15) is 9.59 Å². The molecule has 0 unspecified atom stereocenters. The fraction of sp³-hybridized carbons (Fsp3) is 0.379. The van der Waals surface area contributed by atoms with E-state index in [0.29, 0.717) is 43.0 Å². The summed E-state index contributed by atoms with van der Waals surface area (Å²) in [4.78, 5) is 38.0. The van der Waals surface area contributed by atoms with Crippen molar-refractivity contribution < 1.29 is 14.3 Å². The third-order valence-electron chi connectivity index (χ3n) is 6.64. The van der Waals surface area contributed by atoms with Crippen LogP contribution in [-0.4, -0.2) is 70.1 Å². The second-order valence-corrected chi connectivity index (χ2v) is 11.4. The van der Waals surface area contributed by atoms with Crippen LogP contribution >= 0.6 is 11.6 Å². The van der Waals surface area contributed by atoms with Crippen LogP contribution in [-0.2, 0) is 22.4 Å². The average Bonchev–Trinajstić information content (AvgIpc) is 2.90. The number of ether oxygens (including phenoxy) is 1. The Hall–Kier alpha value is -3.89. The standard InChI is InChI=1S/C29H34ClN7O3/c1-29(2,3)40-28(39)37-13-11-36(12-14-37)18-25(38)34-24-10-9-22-16-20(24)8-7-19-5-4-6-21(15-19)33-27-31-17-23(30)26(32-22)35-27/h4-6,9-10,15-17H,7-8,11-14,18H2,1-3H3,(H,34,38)(H2,31,32,33,35).